The highest BCUT2D eigenvalue weighted by Gasteiger charge is 2.27. The van der Waals surface area contributed by atoms with E-state index in [1.165, 1.54) is 0 Å². The zero-order valence-corrected chi connectivity index (χ0v) is 15.5. The molecule has 2 aliphatic rings. The van der Waals surface area contributed by atoms with Gasteiger partial charge in [-0.15, -0.1) is 0 Å². The molecule has 2 N–H and O–H groups in total. The van der Waals surface area contributed by atoms with Crippen molar-refractivity contribution >= 4 is 6.03 Å². The number of benzene rings is 1. The van der Waals surface area contributed by atoms with Crippen LogP contribution in [0.4, 0.5) is 4.79 Å². The van der Waals surface area contributed by atoms with Gasteiger partial charge >= 0.3 is 6.03 Å². The average Bonchev–Trinajstić information content (AvgIpc) is 2.69. The number of carbonyl (C=O) groups is 1. The van der Waals surface area contributed by atoms with Crippen LogP contribution in [0.3, 0.4) is 0 Å². The normalized spacial score (nSPS) is 26.2. The maximum atomic E-state index is 12.5. The molecule has 26 heavy (non-hydrogen) atoms. The number of methoxy groups -OCH3 is 1. The predicted octanol–water partition coefficient (Wildman–Crippen LogP) is 2.80. The Morgan fingerprint density at radius 1 is 1.15 bits per heavy atom. The van der Waals surface area contributed by atoms with Crippen LogP contribution < -0.4 is 14.8 Å². The lowest BCUT2D eigenvalue weighted by Gasteiger charge is -2.35. The molecule has 1 aliphatic heterocycles. The summed E-state index contributed by atoms with van der Waals surface area (Å²) in [5.74, 6) is 1.99. The number of hydrogen-bond acceptors (Lipinski definition) is 4. The number of aliphatic hydroxyl groups excluding tert-OH is 1. The van der Waals surface area contributed by atoms with Crippen molar-refractivity contribution in [2.75, 3.05) is 26.8 Å². The first-order valence-electron chi connectivity index (χ1n) is 9.64. The standard InChI is InChI=1S/C20H30N2O4/c1-25-18-8-10-19(11-9-18)26-14-15-3-2-12-22(13-15)20(24)21-16-4-6-17(23)7-5-16/h8-11,15-17,23H,2-7,12-14H2,1H3,(H,21,24). The highest BCUT2D eigenvalue weighted by Crippen LogP contribution is 2.22. The van der Waals surface area contributed by atoms with E-state index in [-0.39, 0.29) is 18.2 Å². The number of urea groups is 1. The second-order valence-corrected chi connectivity index (χ2v) is 7.40. The molecular formula is C20H30N2O4. The molecule has 6 heteroatoms. The van der Waals surface area contributed by atoms with Gasteiger partial charge in [0.1, 0.15) is 11.5 Å². The molecular weight excluding hydrogens is 332 g/mol. The van der Waals surface area contributed by atoms with E-state index in [2.05, 4.69) is 5.32 Å². The van der Waals surface area contributed by atoms with Crippen molar-refractivity contribution in [3.8, 4) is 11.5 Å². The third-order valence-electron chi connectivity index (χ3n) is 5.38. The fourth-order valence-electron chi connectivity index (χ4n) is 3.76. The highest BCUT2D eigenvalue weighted by molar-refractivity contribution is 5.74. The summed E-state index contributed by atoms with van der Waals surface area (Å²) in [5.41, 5.74) is 0. The number of aliphatic hydroxyl groups is 1. The Morgan fingerprint density at radius 3 is 2.54 bits per heavy atom. The minimum Gasteiger partial charge on any atom is -0.497 e. The van der Waals surface area contributed by atoms with E-state index in [0.717, 1.165) is 63.1 Å². The van der Waals surface area contributed by atoms with Crippen LogP contribution in [0.2, 0.25) is 0 Å². The largest absolute Gasteiger partial charge is 0.497 e. The van der Waals surface area contributed by atoms with Gasteiger partial charge in [-0.1, -0.05) is 0 Å². The second kappa shape index (κ2) is 9.12. The number of likely N-dealkylation sites (tertiary alicyclic amines) is 1. The van der Waals surface area contributed by atoms with Gasteiger partial charge in [-0.25, -0.2) is 4.79 Å². The van der Waals surface area contributed by atoms with Crippen molar-refractivity contribution in [3.63, 3.8) is 0 Å². The first-order chi connectivity index (χ1) is 12.6. The molecule has 1 heterocycles. The van der Waals surface area contributed by atoms with E-state index in [9.17, 15) is 9.90 Å². The van der Waals surface area contributed by atoms with Crippen molar-refractivity contribution < 1.29 is 19.4 Å². The van der Waals surface area contributed by atoms with Gasteiger partial charge in [-0.05, 0) is 62.8 Å². The zero-order valence-electron chi connectivity index (χ0n) is 15.5. The van der Waals surface area contributed by atoms with Crippen LogP contribution in [0.1, 0.15) is 38.5 Å². The van der Waals surface area contributed by atoms with E-state index < -0.39 is 0 Å². The monoisotopic (exact) mass is 362 g/mol. The number of nitrogens with zero attached hydrogens (tertiary/aromatic N) is 1. The van der Waals surface area contributed by atoms with Gasteiger partial charge in [0, 0.05) is 25.0 Å². The molecule has 1 aromatic rings. The average molecular weight is 362 g/mol. The summed E-state index contributed by atoms with van der Waals surface area (Å²) in [4.78, 5) is 14.4. The third kappa shape index (κ3) is 5.27. The minimum absolute atomic E-state index is 0.0283. The van der Waals surface area contributed by atoms with E-state index in [4.69, 9.17) is 9.47 Å². The summed E-state index contributed by atoms with van der Waals surface area (Å²) < 4.78 is 11.0. The van der Waals surface area contributed by atoms with Gasteiger partial charge in [-0.2, -0.15) is 0 Å². The Balaban J connectivity index is 1.43. The van der Waals surface area contributed by atoms with Gasteiger partial charge in [-0.3, -0.25) is 0 Å². The number of amides is 2. The Labute approximate surface area is 155 Å². The molecule has 0 spiro atoms. The number of piperidine rings is 1. The summed E-state index contributed by atoms with van der Waals surface area (Å²) in [6, 6.07) is 7.81. The van der Waals surface area contributed by atoms with Crippen LogP contribution >= 0.6 is 0 Å². The van der Waals surface area contributed by atoms with E-state index >= 15 is 0 Å². The van der Waals surface area contributed by atoms with Gasteiger partial charge in [0.05, 0.1) is 19.8 Å². The molecule has 1 aromatic carbocycles. The molecule has 2 amide bonds. The molecule has 0 radical (unpaired) electrons. The van der Waals surface area contributed by atoms with Crippen LogP contribution in [0.15, 0.2) is 24.3 Å². The highest BCUT2D eigenvalue weighted by atomic mass is 16.5. The Morgan fingerprint density at radius 2 is 1.85 bits per heavy atom. The van der Waals surface area contributed by atoms with Gasteiger partial charge in [0.15, 0.2) is 0 Å². The molecule has 6 nitrogen and oxygen atoms in total. The summed E-state index contributed by atoms with van der Waals surface area (Å²) >= 11 is 0. The first-order valence-corrected chi connectivity index (χ1v) is 9.64. The van der Waals surface area contributed by atoms with Crippen LogP contribution in [0.25, 0.3) is 0 Å². The van der Waals surface area contributed by atoms with Crippen LogP contribution in [-0.4, -0.2) is 55.0 Å². The quantitative estimate of drug-likeness (QED) is 0.845. The molecule has 1 atom stereocenters. The predicted molar refractivity (Wildman–Crippen MR) is 99.6 cm³/mol. The smallest absolute Gasteiger partial charge is 0.317 e. The van der Waals surface area contributed by atoms with Crippen molar-refractivity contribution in [3.05, 3.63) is 24.3 Å². The number of nitrogens with one attached hydrogen (secondary N) is 1. The lowest BCUT2D eigenvalue weighted by molar-refractivity contribution is 0.109. The van der Waals surface area contributed by atoms with Gasteiger partial charge < -0.3 is 24.8 Å². The fraction of sp³-hybridized carbons (Fsp3) is 0.650. The summed E-state index contributed by atoms with van der Waals surface area (Å²) in [6.07, 6.45) is 5.18. The molecule has 1 saturated carbocycles. The summed E-state index contributed by atoms with van der Waals surface area (Å²) in [5, 5.41) is 12.7. The van der Waals surface area contributed by atoms with Crippen molar-refractivity contribution in [2.24, 2.45) is 5.92 Å². The molecule has 1 saturated heterocycles. The van der Waals surface area contributed by atoms with E-state index in [0.29, 0.717) is 12.5 Å². The van der Waals surface area contributed by atoms with E-state index in [1.807, 2.05) is 29.2 Å². The van der Waals surface area contributed by atoms with Crippen LogP contribution in [0.5, 0.6) is 11.5 Å². The van der Waals surface area contributed by atoms with Gasteiger partial charge in [0.25, 0.3) is 0 Å². The Bertz CT molecular complexity index is 570. The lowest BCUT2D eigenvalue weighted by Crippen LogP contribution is -2.50. The maximum Gasteiger partial charge on any atom is 0.317 e. The van der Waals surface area contributed by atoms with Crippen molar-refractivity contribution in [1.82, 2.24) is 10.2 Å². The number of rotatable bonds is 5. The summed E-state index contributed by atoms with van der Waals surface area (Å²) in [7, 11) is 1.65. The zero-order chi connectivity index (χ0) is 18.4. The molecule has 0 aromatic heterocycles. The maximum absolute atomic E-state index is 12.5. The number of ether oxygens (including phenoxy) is 2. The second-order valence-electron chi connectivity index (χ2n) is 7.40. The SMILES string of the molecule is COc1ccc(OCC2CCCN(C(=O)NC3CCC(O)CC3)C2)cc1. The number of carbonyl (C=O) groups excluding carboxylic acids is 1. The third-order valence-corrected chi connectivity index (χ3v) is 5.38. The number of hydrogen-bond donors (Lipinski definition) is 2. The molecule has 3 rings (SSSR count). The van der Waals surface area contributed by atoms with E-state index in [1.54, 1.807) is 7.11 Å². The lowest BCUT2D eigenvalue weighted by atomic mass is 9.93. The fourth-order valence-corrected chi connectivity index (χ4v) is 3.76. The Kier molecular flexibility index (Phi) is 6.61. The minimum atomic E-state index is -0.197. The van der Waals surface area contributed by atoms with Crippen molar-refractivity contribution in [1.29, 1.82) is 0 Å². The molecule has 1 aliphatic carbocycles. The Hall–Kier alpha value is -1.95. The molecule has 0 bridgehead atoms. The summed E-state index contributed by atoms with van der Waals surface area (Å²) in [6.45, 7) is 2.16. The topological polar surface area (TPSA) is 71.0 Å². The first kappa shape index (κ1) is 18.8. The van der Waals surface area contributed by atoms with Gasteiger partial charge in [0.2, 0.25) is 0 Å². The molecule has 1 unspecified atom stereocenters. The molecule has 2 fully saturated rings. The van der Waals surface area contributed by atoms with Crippen LogP contribution in [-0.2, 0) is 0 Å². The van der Waals surface area contributed by atoms with Crippen LogP contribution in [0, 0.1) is 5.92 Å². The van der Waals surface area contributed by atoms with Crippen molar-refractivity contribution in [2.45, 2.75) is 50.7 Å². The molecule has 144 valence electrons.